The number of aliphatic carboxylic acids is 1. The summed E-state index contributed by atoms with van der Waals surface area (Å²) < 4.78 is 16.0. The molecule has 0 radical (unpaired) electrons. The number of rotatable bonds is 8. The normalized spacial score (nSPS) is 11.1. The van der Waals surface area contributed by atoms with E-state index in [-0.39, 0.29) is 27.5 Å². The van der Waals surface area contributed by atoms with Gasteiger partial charge in [-0.3, -0.25) is 4.79 Å². The maximum Gasteiger partial charge on any atom is 0.317 e. The molecule has 0 saturated heterocycles. The van der Waals surface area contributed by atoms with E-state index < -0.39 is 11.2 Å². The Kier molecular flexibility index (Phi) is 7.34. The highest BCUT2D eigenvalue weighted by Crippen LogP contribution is 2.44. The molecule has 0 saturated carbocycles. The summed E-state index contributed by atoms with van der Waals surface area (Å²) in [5.41, 5.74) is 6.66. The van der Waals surface area contributed by atoms with Crippen molar-refractivity contribution in [1.29, 1.82) is 10.5 Å². The Morgan fingerprint density at radius 3 is 2.13 bits per heavy atom. The van der Waals surface area contributed by atoms with Crippen LogP contribution in [0.3, 0.4) is 0 Å². The molecular weight excluding hydrogens is 408 g/mol. The summed E-state index contributed by atoms with van der Waals surface area (Å²) in [7, 11) is 4.34. The molecular formula is C20H20N4O5S. The van der Waals surface area contributed by atoms with Crippen LogP contribution < -0.4 is 19.9 Å². The first-order valence-electron chi connectivity index (χ1n) is 8.70. The van der Waals surface area contributed by atoms with Crippen molar-refractivity contribution in [3.63, 3.8) is 0 Å². The van der Waals surface area contributed by atoms with Gasteiger partial charge in [-0.05, 0) is 24.1 Å². The number of hydrogen-bond acceptors (Lipinski definition) is 9. The second-order valence-corrected chi connectivity index (χ2v) is 7.11. The summed E-state index contributed by atoms with van der Waals surface area (Å²) in [6.07, 6.45) is 0.311. The number of ether oxygens (including phenoxy) is 3. The number of methoxy groups -OCH3 is 3. The van der Waals surface area contributed by atoms with Crippen LogP contribution in [0.2, 0.25) is 0 Å². The summed E-state index contributed by atoms with van der Waals surface area (Å²) in [6, 6.07) is 7.19. The van der Waals surface area contributed by atoms with Gasteiger partial charge in [0.15, 0.2) is 11.5 Å². The molecule has 1 aromatic heterocycles. The average Bonchev–Trinajstić information content (AvgIpc) is 2.75. The Labute approximate surface area is 178 Å². The van der Waals surface area contributed by atoms with Gasteiger partial charge in [0, 0.05) is 5.56 Å². The largest absolute Gasteiger partial charge is 0.493 e. The maximum absolute atomic E-state index is 11.5. The Morgan fingerprint density at radius 2 is 1.73 bits per heavy atom. The quantitative estimate of drug-likeness (QED) is 0.600. The molecule has 30 heavy (non-hydrogen) atoms. The summed E-state index contributed by atoms with van der Waals surface area (Å²) in [5, 5.41) is 28.2. The molecule has 0 amide bonds. The number of nitrogens with two attached hydrogens (primary N) is 1. The van der Waals surface area contributed by atoms with Crippen molar-refractivity contribution < 1.29 is 24.1 Å². The Bertz CT molecular complexity index is 1030. The van der Waals surface area contributed by atoms with E-state index in [9.17, 15) is 20.4 Å². The highest BCUT2D eigenvalue weighted by Gasteiger charge is 2.26. The standard InChI is InChI=1S/C20H20N4O5S/c1-5-15(20(25)26)30-19-12(9-22)16(11(8-21)18(23)24-19)10-6-13(27-2)17(29-4)14(7-10)28-3/h6-7,15H,5H2,1-4H3,(H2,23,24)(H,25,26). The van der Waals surface area contributed by atoms with Crippen LogP contribution in [0.15, 0.2) is 17.2 Å². The first kappa shape index (κ1) is 22.7. The van der Waals surface area contributed by atoms with Crippen molar-refractivity contribution in [1.82, 2.24) is 4.98 Å². The molecule has 0 bridgehead atoms. The number of carboxylic acid groups (broad SMARTS) is 1. The average molecular weight is 428 g/mol. The molecule has 156 valence electrons. The topological polar surface area (TPSA) is 151 Å². The Morgan fingerprint density at radius 1 is 1.17 bits per heavy atom. The van der Waals surface area contributed by atoms with Crippen LogP contribution in [0.4, 0.5) is 5.82 Å². The predicted molar refractivity (Wildman–Crippen MR) is 111 cm³/mol. The van der Waals surface area contributed by atoms with E-state index in [0.29, 0.717) is 29.2 Å². The van der Waals surface area contributed by atoms with Gasteiger partial charge in [-0.2, -0.15) is 10.5 Å². The summed E-state index contributed by atoms with van der Waals surface area (Å²) in [5.74, 6) is -0.162. The number of nitrogens with zero attached hydrogens (tertiary/aromatic N) is 3. The number of nitriles is 2. The number of benzene rings is 1. The molecule has 9 nitrogen and oxygen atoms in total. The van der Waals surface area contributed by atoms with E-state index >= 15 is 0 Å². The van der Waals surface area contributed by atoms with Gasteiger partial charge in [-0.1, -0.05) is 18.7 Å². The van der Waals surface area contributed by atoms with Gasteiger partial charge in [-0.25, -0.2) is 4.98 Å². The smallest absolute Gasteiger partial charge is 0.317 e. The fourth-order valence-corrected chi connectivity index (χ4v) is 3.79. The van der Waals surface area contributed by atoms with Crippen molar-refractivity contribution in [3.8, 4) is 40.5 Å². The first-order chi connectivity index (χ1) is 14.4. The zero-order chi connectivity index (χ0) is 22.4. The number of hydrogen-bond donors (Lipinski definition) is 2. The highest BCUT2D eigenvalue weighted by molar-refractivity contribution is 8.00. The summed E-state index contributed by atoms with van der Waals surface area (Å²) >= 11 is 0.908. The second-order valence-electron chi connectivity index (χ2n) is 5.92. The van der Waals surface area contributed by atoms with E-state index in [2.05, 4.69) is 4.98 Å². The van der Waals surface area contributed by atoms with Gasteiger partial charge >= 0.3 is 5.97 Å². The van der Waals surface area contributed by atoms with Gasteiger partial charge in [-0.15, -0.1) is 0 Å². The number of aromatic nitrogens is 1. The molecule has 1 heterocycles. The SMILES string of the molecule is CCC(Sc1nc(N)c(C#N)c(-c2cc(OC)c(OC)c(OC)c2)c1C#N)C(=O)O. The van der Waals surface area contributed by atoms with Crippen molar-refractivity contribution in [2.45, 2.75) is 23.6 Å². The zero-order valence-electron chi connectivity index (χ0n) is 16.8. The number of carboxylic acids is 1. The van der Waals surface area contributed by atoms with E-state index in [1.54, 1.807) is 19.1 Å². The molecule has 0 aliphatic heterocycles. The van der Waals surface area contributed by atoms with Gasteiger partial charge < -0.3 is 25.1 Å². The zero-order valence-corrected chi connectivity index (χ0v) is 17.7. The van der Waals surface area contributed by atoms with Crippen molar-refractivity contribution >= 4 is 23.5 Å². The van der Waals surface area contributed by atoms with E-state index in [4.69, 9.17) is 19.9 Å². The lowest BCUT2D eigenvalue weighted by molar-refractivity contribution is -0.136. The lowest BCUT2D eigenvalue weighted by atomic mass is 9.96. The molecule has 1 atom stereocenters. The molecule has 0 fully saturated rings. The first-order valence-corrected chi connectivity index (χ1v) is 9.58. The van der Waals surface area contributed by atoms with Gasteiger partial charge in [0.1, 0.15) is 33.8 Å². The third kappa shape index (κ3) is 4.19. The number of carbonyl (C=O) groups is 1. The Balaban J connectivity index is 2.87. The van der Waals surface area contributed by atoms with E-state index in [1.807, 2.05) is 12.1 Å². The lowest BCUT2D eigenvalue weighted by Crippen LogP contribution is -2.16. The molecule has 10 heteroatoms. The van der Waals surface area contributed by atoms with Gasteiger partial charge in [0.05, 0.1) is 26.9 Å². The lowest BCUT2D eigenvalue weighted by Gasteiger charge is -2.18. The van der Waals surface area contributed by atoms with E-state index in [0.717, 1.165) is 11.8 Å². The molecule has 2 aromatic rings. The van der Waals surface area contributed by atoms with Crippen molar-refractivity contribution in [2.75, 3.05) is 27.1 Å². The molecule has 0 aliphatic carbocycles. The van der Waals surface area contributed by atoms with Gasteiger partial charge in [0.25, 0.3) is 0 Å². The molecule has 1 unspecified atom stereocenters. The third-order valence-electron chi connectivity index (χ3n) is 4.27. The van der Waals surface area contributed by atoms with Crippen molar-refractivity contribution in [2.24, 2.45) is 0 Å². The van der Waals surface area contributed by atoms with Crippen LogP contribution in [-0.2, 0) is 4.79 Å². The summed E-state index contributed by atoms with van der Waals surface area (Å²) in [6.45, 7) is 1.71. The highest BCUT2D eigenvalue weighted by atomic mass is 32.2. The maximum atomic E-state index is 11.5. The van der Waals surface area contributed by atoms with E-state index in [1.165, 1.54) is 21.3 Å². The van der Waals surface area contributed by atoms with Crippen LogP contribution >= 0.6 is 11.8 Å². The number of anilines is 1. The predicted octanol–water partition coefficient (Wildman–Crippen LogP) is 3.06. The minimum atomic E-state index is -1.04. The molecule has 0 aliphatic rings. The van der Waals surface area contributed by atoms with Crippen LogP contribution in [0, 0.1) is 22.7 Å². The fraction of sp³-hybridized carbons (Fsp3) is 0.300. The minimum Gasteiger partial charge on any atom is -0.493 e. The summed E-state index contributed by atoms with van der Waals surface area (Å²) in [4.78, 5) is 15.6. The van der Waals surface area contributed by atoms with Gasteiger partial charge in [0.2, 0.25) is 5.75 Å². The molecule has 1 aromatic carbocycles. The third-order valence-corrected chi connectivity index (χ3v) is 5.61. The molecule has 0 spiro atoms. The number of thioether (sulfide) groups is 1. The Hall–Kier alpha value is -3.63. The monoisotopic (exact) mass is 428 g/mol. The van der Waals surface area contributed by atoms with Crippen LogP contribution in [0.5, 0.6) is 17.2 Å². The molecule has 2 rings (SSSR count). The van der Waals surface area contributed by atoms with Crippen LogP contribution in [0.25, 0.3) is 11.1 Å². The second kappa shape index (κ2) is 9.72. The number of pyridine rings is 1. The fourth-order valence-electron chi connectivity index (χ4n) is 2.84. The molecule has 3 N–H and O–H groups in total. The van der Waals surface area contributed by atoms with Crippen LogP contribution in [0.1, 0.15) is 24.5 Å². The van der Waals surface area contributed by atoms with Crippen molar-refractivity contribution in [3.05, 3.63) is 23.3 Å². The number of nitrogen functional groups attached to an aromatic ring is 1. The minimum absolute atomic E-state index is 0.00598. The van der Waals surface area contributed by atoms with Crippen LogP contribution in [-0.4, -0.2) is 42.6 Å².